The third kappa shape index (κ3) is 4.21. The van der Waals surface area contributed by atoms with Gasteiger partial charge in [-0.15, -0.1) is 0 Å². The average molecular weight is 358 g/mol. The Kier molecular flexibility index (Phi) is 4.75. The van der Waals surface area contributed by atoms with Gasteiger partial charge >= 0.3 is 0 Å². The Morgan fingerprint density at radius 1 is 1.20 bits per heavy atom. The summed E-state index contributed by atoms with van der Waals surface area (Å²) in [5, 5.41) is 0. The van der Waals surface area contributed by atoms with E-state index in [1.807, 2.05) is 0 Å². The van der Waals surface area contributed by atoms with Crippen LogP contribution in [0, 0.1) is 0 Å². The third-order valence-electron chi connectivity index (χ3n) is 3.12. The van der Waals surface area contributed by atoms with E-state index in [1.165, 1.54) is 31.6 Å². The van der Waals surface area contributed by atoms with Gasteiger partial charge in [0.05, 0.1) is 30.2 Å². The molecule has 0 spiro atoms. The lowest BCUT2D eigenvalue weighted by Crippen LogP contribution is -2.14. The molecular weight excluding hydrogens is 344 g/mol. The highest BCUT2D eigenvalue weighted by Crippen LogP contribution is 2.20. The van der Waals surface area contributed by atoms with E-state index >= 15 is 0 Å². The van der Waals surface area contributed by atoms with Crippen LogP contribution < -0.4 is 9.46 Å². The van der Waals surface area contributed by atoms with E-state index in [4.69, 9.17) is 9.15 Å². The molecule has 3 aromatic rings. The molecule has 0 aliphatic rings. The van der Waals surface area contributed by atoms with Crippen molar-refractivity contribution in [3.8, 4) is 5.88 Å². The van der Waals surface area contributed by atoms with Gasteiger partial charge in [0.15, 0.2) is 0 Å². The molecule has 0 saturated carbocycles. The summed E-state index contributed by atoms with van der Waals surface area (Å²) in [6.45, 7) is 0. The minimum Gasteiger partial charge on any atom is -0.481 e. The monoisotopic (exact) mass is 358 g/mol. The number of rotatable bonds is 6. The number of ether oxygens (including phenoxy) is 1. The Morgan fingerprint density at radius 3 is 2.68 bits per heavy atom. The molecule has 128 valence electrons. The fraction of sp³-hybridized carbons (Fsp3) is 0.0625. The Labute approximate surface area is 144 Å². The summed E-state index contributed by atoms with van der Waals surface area (Å²) in [4.78, 5) is 12.0. The van der Waals surface area contributed by atoms with Crippen molar-refractivity contribution in [3.05, 3.63) is 60.8 Å². The lowest BCUT2D eigenvalue weighted by Gasteiger charge is -2.08. The van der Waals surface area contributed by atoms with Crippen LogP contribution in [0.15, 0.2) is 69.4 Å². The molecule has 0 fully saturated rings. The molecule has 1 N–H and O–H groups in total. The number of aliphatic imine (C=N–C) groups is 1. The van der Waals surface area contributed by atoms with Crippen LogP contribution in [0.4, 0.5) is 11.5 Å². The topological polar surface area (TPSA) is 107 Å². The van der Waals surface area contributed by atoms with Crippen LogP contribution in [-0.2, 0) is 10.0 Å². The first-order valence-corrected chi connectivity index (χ1v) is 8.62. The highest BCUT2D eigenvalue weighted by molar-refractivity contribution is 7.92. The molecule has 0 atom stereocenters. The van der Waals surface area contributed by atoms with Crippen LogP contribution in [-0.4, -0.2) is 31.7 Å². The largest absolute Gasteiger partial charge is 0.481 e. The molecule has 2 heterocycles. The van der Waals surface area contributed by atoms with Crippen LogP contribution in [0.3, 0.4) is 0 Å². The molecule has 0 unspecified atom stereocenters. The zero-order valence-corrected chi connectivity index (χ0v) is 14.0. The lowest BCUT2D eigenvalue weighted by molar-refractivity contribution is 0.397. The molecule has 0 radical (unpaired) electrons. The van der Waals surface area contributed by atoms with E-state index in [1.54, 1.807) is 36.7 Å². The van der Waals surface area contributed by atoms with Gasteiger partial charge in [-0.1, -0.05) is 0 Å². The highest BCUT2D eigenvalue weighted by Gasteiger charge is 2.15. The standard InChI is InChI=1S/C16H14N4O4S/c1-23-16-9-15(18-11-19-16)20-25(21,22)14-6-4-12(5-7-14)17-10-13-3-2-8-24-13/h2-11H,1H3,(H,18,19,20). The van der Waals surface area contributed by atoms with Gasteiger partial charge in [-0.25, -0.2) is 18.4 Å². The number of furan rings is 1. The number of sulfonamides is 1. The number of hydrogen-bond acceptors (Lipinski definition) is 7. The van der Waals surface area contributed by atoms with Crippen molar-refractivity contribution in [2.24, 2.45) is 4.99 Å². The van der Waals surface area contributed by atoms with Gasteiger partial charge in [0.1, 0.15) is 17.9 Å². The molecule has 0 aliphatic heterocycles. The summed E-state index contributed by atoms with van der Waals surface area (Å²) in [6.07, 6.45) is 4.31. The van der Waals surface area contributed by atoms with Crippen molar-refractivity contribution >= 4 is 27.7 Å². The summed E-state index contributed by atoms with van der Waals surface area (Å²) in [6, 6.07) is 11.0. The van der Waals surface area contributed by atoms with Crippen LogP contribution in [0.25, 0.3) is 0 Å². The maximum absolute atomic E-state index is 12.4. The van der Waals surface area contributed by atoms with E-state index in [0.717, 1.165) is 0 Å². The van der Waals surface area contributed by atoms with Crippen molar-refractivity contribution in [2.45, 2.75) is 4.90 Å². The smallest absolute Gasteiger partial charge is 0.263 e. The van der Waals surface area contributed by atoms with Gasteiger partial charge in [0, 0.05) is 6.07 Å². The number of nitrogens with zero attached hydrogens (tertiary/aromatic N) is 3. The second kappa shape index (κ2) is 7.14. The molecule has 0 saturated heterocycles. The first-order valence-electron chi connectivity index (χ1n) is 7.13. The van der Waals surface area contributed by atoms with Gasteiger partial charge in [-0.05, 0) is 36.4 Å². The molecule has 9 heteroatoms. The maximum Gasteiger partial charge on any atom is 0.263 e. The lowest BCUT2D eigenvalue weighted by atomic mass is 10.3. The van der Waals surface area contributed by atoms with E-state index < -0.39 is 10.0 Å². The molecule has 0 bridgehead atoms. The quantitative estimate of drug-likeness (QED) is 0.679. The molecular formula is C16H14N4O4S. The molecule has 1 aromatic carbocycles. The summed E-state index contributed by atoms with van der Waals surface area (Å²) in [5.74, 6) is 0.984. The van der Waals surface area contributed by atoms with E-state index in [-0.39, 0.29) is 16.6 Å². The number of benzene rings is 1. The Balaban J connectivity index is 1.76. The van der Waals surface area contributed by atoms with E-state index in [0.29, 0.717) is 11.4 Å². The van der Waals surface area contributed by atoms with Crippen molar-refractivity contribution in [1.29, 1.82) is 0 Å². The second-order valence-electron chi connectivity index (χ2n) is 4.82. The summed E-state index contributed by atoms with van der Waals surface area (Å²) >= 11 is 0. The van der Waals surface area contributed by atoms with Crippen LogP contribution in [0.1, 0.15) is 5.76 Å². The van der Waals surface area contributed by atoms with Gasteiger partial charge in [0.25, 0.3) is 10.0 Å². The van der Waals surface area contributed by atoms with Crippen molar-refractivity contribution in [2.75, 3.05) is 11.8 Å². The maximum atomic E-state index is 12.4. The Morgan fingerprint density at radius 2 is 2.00 bits per heavy atom. The summed E-state index contributed by atoms with van der Waals surface area (Å²) in [7, 11) is -2.35. The normalized spacial score (nSPS) is 11.6. The number of hydrogen-bond donors (Lipinski definition) is 1. The molecule has 0 aliphatic carbocycles. The third-order valence-corrected chi connectivity index (χ3v) is 4.49. The minimum absolute atomic E-state index is 0.0852. The van der Waals surface area contributed by atoms with Crippen LogP contribution in [0.5, 0.6) is 5.88 Å². The number of anilines is 1. The summed E-state index contributed by atoms with van der Waals surface area (Å²) in [5.41, 5.74) is 0.596. The Bertz CT molecular complexity index is 968. The van der Waals surface area contributed by atoms with Gasteiger partial charge in [-0.2, -0.15) is 0 Å². The van der Waals surface area contributed by atoms with Crippen LogP contribution >= 0.6 is 0 Å². The fourth-order valence-electron chi connectivity index (χ4n) is 1.92. The highest BCUT2D eigenvalue weighted by atomic mass is 32.2. The zero-order valence-electron chi connectivity index (χ0n) is 13.2. The average Bonchev–Trinajstić information content (AvgIpc) is 3.14. The summed E-state index contributed by atoms with van der Waals surface area (Å²) < 4.78 is 37.2. The predicted octanol–water partition coefficient (Wildman–Crippen LogP) is 2.63. The van der Waals surface area contributed by atoms with Crippen molar-refractivity contribution in [1.82, 2.24) is 9.97 Å². The zero-order chi connectivity index (χ0) is 17.7. The Hall–Kier alpha value is -3.20. The molecule has 2 aromatic heterocycles. The SMILES string of the molecule is COc1cc(NS(=O)(=O)c2ccc(N=Cc3ccco3)cc2)ncn1. The van der Waals surface area contributed by atoms with Gasteiger partial charge in [0.2, 0.25) is 5.88 Å². The van der Waals surface area contributed by atoms with E-state index in [9.17, 15) is 8.42 Å². The van der Waals surface area contributed by atoms with E-state index in [2.05, 4.69) is 19.7 Å². The first-order chi connectivity index (χ1) is 12.1. The van der Waals surface area contributed by atoms with Crippen LogP contribution in [0.2, 0.25) is 0 Å². The number of nitrogens with one attached hydrogen (secondary N) is 1. The molecule has 0 amide bonds. The second-order valence-corrected chi connectivity index (χ2v) is 6.50. The van der Waals surface area contributed by atoms with Gasteiger partial charge < -0.3 is 9.15 Å². The number of aromatic nitrogens is 2. The van der Waals surface area contributed by atoms with Crippen molar-refractivity contribution in [3.63, 3.8) is 0 Å². The predicted molar refractivity (Wildman–Crippen MR) is 91.8 cm³/mol. The fourth-order valence-corrected chi connectivity index (χ4v) is 2.92. The van der Waals surface area contributed by atoms with Gasteiger partial charge in [-0.3, -0.25) is 9.71 Å². The molecule has 8 nitrogen and oxygen atoms in total. The molecule has 25 heavy (non-hydrogen) atoms. The number of methoxy groups -OCH3 is 1. The molecule has 3 rings (SSSR count). The van der Waals surface area contributed by atoms with Crippen molar-refractivity contribution < 1.29 is 17.6 Å². The minimum atomic E-state index is -3.78. The first kappa shape index (κ1) is 16.7.